The van der Waals surface area contributed by atoms with Crippen LogP contribution in [-0.2, 0) is 6.42 Å². The second kappa shape index (κ2) is 7.07. The number of benzene rings is 2. The zero-order chi connectivity index (χ0) is 17.1. The topological polar surface area (TPSA) is 50.3 Å². The van der Waals surface area contributed by atoms with Gasteiger partial charge in [0.2, 0.25) is 0 Å². The summed E-state index contributed by atoms with van der Waals surface area (Å²) in [5, 5.41) is 4.74. The van der Waals surface area contributed by atoms with Gasteiger partial charge in [0.1, 0.15) is 17.9 Å². The first-order chi connectivity index (χ1) is 12.3. The molecule has 1 atom stereocenters. The van der Waals surface area contributed by atoms with Crippen molar-refractivity contribution in [3.63, 3.8) is 0 Å². The highest BCUT2D eigenvalue weighted by Crippen LogP contribution is 2.24. The molecule has 1 N–H and O–H groups in total. The monoisotopic (exact) mass is 334 g/mol. The fourth-order valence-electron chi connectivity index (χ4n) is 3.48. The quantitative estimate of drug-likeness (QED) is 0.795. The summed E-state index contributed by atoms with van der Waals surface area (Å²) in [5.41, 5.74) is 2.28. The van der Waals surface area contributed by atoms with Gasteiger partial charge in [-0.1, -0.05) is 24.3 Å². The van der Waals surface area contributed by atoms with Crippen LogP contribution in [0.5, 0.6) is 5.75 Å². The lowest BCUT2D eigenvalue weighted by molar-refractivity contribution is 0.413. The molecular weight excluding hydrogens is 312 g/mol. The number of nitrogens with one attached hydrogen (secondary N) is 1. The number of ether oxygens (including phenoxy) is 1. The number of aromatic nitrogens is 2. The van der Waals surface area contributed by atoms with Crippen molar-refractivity contribution < 1.29 is 4.74 Å². The summed E-state index contributed by atoms with van der Waals surface area (Å²) in [4.78, 5) is 11.3. The molecule has 1 aliphatic heterocycles. The molecule has 25 heavy (non-hydrogen) atoms. The van der Waals surface area contributed by atoms with Gasteiger partial charge in [0, 0.05) is 31.1 Å². The lowest BCUT2D eigenvalue weighted by Crippen LogP contribution is -2.52. The average Bonchev–Trinajstić information content (AvgIpc) is 2.68. The number of hydrogen-bond donors (Lipinski definition) is 1. The Hall–Kier alpha value is -2.66. The van der Waals surface area contributed by atoms with Gasteiger partial charge in [-0.2, -0.15) is 0 Å². The van der Waals surface area contributed by atoms with Gasteiger partial charge >= 0.3 is 0 Å². The Bertz CT molecular complexity index is 862. The van der Waals surface area contributed by atoms with Crippen LogP contribution in [0.3, 0.4) is 0 Å². The normalized spacial score (nSPS) is 17.6. The maximum Gasteiger partial charge on any atom is 0.139 e. The van der Waals surface area contributed by atoms with Crippen LogP contribution in [0.25, 0.3) is 10.9 Å². The standard InChI is InChI=1S/C20H22N4O/c1-25-17-6-4-5-15(12-17)11-16-13-24(10-9-21-16)20-18-7-2-3-8-19(18)22-14-23-20/h2-8,12,14,16,21H,9-11,13H2,1H3. The Morgan fingerprint density at radius 2 is 2.08 bits per heavy atom. The zero-order valence-electron chi connectivity index (χ0n) is 14.4. The molecule has 1 aliphatic rings. The molecule has 2 aromatic carbocycles. The van der Waals surface area contributed by atoms with Gasteiger partial charge < -0.3 is 15.0 Å². The van der Waals surface area contributed by atoms with Crippen LogP contribution in [0, 0.1) is 0 Å². The maximum atomic E-state index is 5.33. The van der Waals surface area contributed by atoms with E-state index in [0.717, 1.165) is 48.5 Å². The summed E-state index contributed by atoms with van der Waals surface area (Å²) in [7, 11) is 1.71. The third kappa shape index (κ3) is 3.42. The van der Waals surface area contributed by atoms with Crippen molar-refractivity contribution in [3.05, 3.63) is 60.4 Å². The molecule has 1 unspecified atom stereocenters. The number of rotatable bonds is 4. The lowest BCUT2D eigenvalue weighted by atomic mass is 10.0. The first kappa shape index (κ1) is 15.8. The third-order valence-electron chi connectivity index (χ3n) is 4.69. The van der Waals surface area contributed by atoms with Crippen molar-refractivity contribution >= 4 is 16.7 Å². The van der Waals surface area contributed by atoms with E-state index >= 15 is 0 Å². The van der Waals surface area contributed by atoms with Crippen molar-refractivity contribution in [1.82, 2.24) is 15.3 Å². The largest absolute Gasteiger partial charge is 0.497 e. The average molecular weight is 334 g/mol. The molecule has 5 nitrogen and oxygen atoms in total. The van der Waals surface area contributed by atoms with Crippen LogP contribution in [-0.4, -0.2) is 42.8 Å². The van der Waals surface area contributed by atoms with Gasteiger partial charge in [-0.05, 0) is 36.2 Å². The second-order valence-corrected chi connectivity index (χ2v) is 6.37. The first-order valence-corrected chi connectivity index (χ1v) is 8.64. The maximum absolute atomic E-state index is 5.33. The van der Waals surface area contributed by atoms with Crippen molar-refractivity contribution in [1.29, 1.82) is 0 Å². The van der Waals surface area contributed by atoms with Crippen molar-refractivity contribution in [2.24, 2.45) is 0 Å². The third-order valence-corrected chi connectivity index (χ3v) is 4.69. The molecule has 1 fully saturated rings. The Balaban J connectivity index is 1.54. The molecular formula is C20H22N4O. The van der Waals surface area contributed by atoms with Crippen LogP contribution in [0.4, 0.5) is 5.82 Å². The van der Waals surface area contributed by atoms with Crippen LogP contribution < -0.4 is 15.0 Å². The molecule has 0 aliphatic carbocycles. The van der Waals surface area contributed by atoms with E-state index in [9.17, 15) is 0 Å². The molecule has 128 valence electrons. The van der Waals surface area contributed by atoms with Crippen molar-refractivity contribution in [2.75, 3.05) is 31.6 Å². The summed E-state index contributed by atoms with van der Waals surface area (Å²) in [6, 6.07) is 16.9. The molecule has 0 spiro atoms. The van der Waals surface area contributed by atoms with Gasteiger partial charge in [0.15, 0.2) is 0 Å². The summed E-state index contributed by atoms with van der Waals surface area (Å²) in [5.74, 6) is 1.94. The van der Waals surface area contributed by atoms with Crippen LogP contribution >= 0.6 is 0 Å². The molecule has 0 amide bonds. The van der Waals surface area contributed by atoms with Crippen LogP contribution in [0.2, 0.25) is 0 Å². The highest BCUT2D eigenvalue weighted by molar-refractivity contribution is 5.89. The summed E-state index contributed by atoms with van der Waals surface area (Å²) >= 11 is 0. The highest BCUT2D eigenvalue weighted by atomic mass is 16.5. The molecule has 5 heteroatoms. The summed E-state index contributed by atoms with van der Waals surface area (Å²) < 4.78 is 5.33. The molecule has 3 aromatic rings. The van der Waals surface area contributed by atoms with Crippen molar-refractivity contribution in [2.45, 2.75) is 12.5 Å². The number of fused-ring (bicyclic) bond motifs is 1. The molecule has 4 rings (SSSR count). The Morgan fingerprint density at radius 3 is 3.00 bits per heavy atom. The molecule has 0 radical (unpaired) electrons. The van der Waals surface area contributed by atoms with E-state index in [0.29, 0.717) is 6.04 Å². The van der Waals surface area contributed by atoms with E-state index in [2.05, 4.69) is 38.4 Å². The highest BCUT2D eigenvalue weighted by Gasteiger charge is 2.22. The molecule has 1 aromatic heterocycles. The summed E-state index contributed by atoms with van der Waals surface area (Å²) in [6.07, 6.45) is 2.63. The zero-order valence-corrected chi connectivity index (χ0v) is 14.4. The summed E-state index contributed by atoms with van der Waals surface area (Å²) in [6.45, 7) is 2.83. The molecule has 0 bridgehead atoms. The van der Waals surface area contributed by atoms with Gasteiger partial charge in [0.25, 0.3) is 0 Å². The Kier molecular flexibility index (Phi) is 4.48. The van der Waals surface area contributed by atoms with E-state index < -0.39 is 0 Å². The number of anilines is 1. The van der Waals surface area contributed by atoms with E-state index in [1.165, 1.54) is 5.56 Å². The lowest BCUT2D eigenvalue weighted by Gasteiger charge is -2.35. The number of piperazine rings is 1. The Morgan fingerprint density at radius 1 is 1.16 bits per heavy atom. The second-order valence-electron chi connectivity index (χ2n) is 6.37. The fraction of sp³-hybridized carbons (Fsp3) is 0.300. The van der Waals surface area contributed by atoms with Gasteiger partial charge in [-0.15, -0.1) is 0 Å². The SMILES string of the molecule is COc1cccc(CC2CN(c3ncnc4ccccc34)CCN2)c1. The van der Waals surface area contributed by atoms with Crippen molar-refractivity contribution in [3.8, 4) is 5.75 Å². The molecule has 2 heterocycles. The van der Waals surface area contributed by atoms with E-state index in [1.807, 2.05) is 30.3 Å². The van der Waals surface area contributed by atoms with E-state index in [-0.39, 0.29) is 0 Å². The molecule has 1 saturated heterocycles. The first-order valence-electron chi connectivity index (χ1n) is 8.64. The van der Waals surface area contributed by atoms with E-state index in [1.54, 1.807) is 13.4 Å². The van der Waals surface area contributed by atoms with Gasteiger partial charge in [-0.25, -0.2) is 9.97 Å². The predicted octanol–water partition coefficient (Wildman–Crippen LogP) is 2.66. The Labute approximate surface area is 147 Å². The minimum absolute atomic E-state index is 0.384. The minimum atomic E-state index is 0.384. The van der Waals surface area contributed by atoms with Gasteiger partial charge in [0.05, 0.1) is 12.6 Å². The smallest absolute Gasteiger partial charge is 0.139 e. The number of hydrogen-bond acceptors (Lipinski definition) is 5. The predicted molar refractivity (Wildman–Crippen MR) is 100 cm³/mol. The number of nitrogens with zero attached hydrogens (tertiary/aromatic N) is 3. The fourth-order valence-corrected chi connectivity index (χ4v) is 3.48. The van der Waals surface area contributed by atoms with Crippen LogP contribution in [0.1, 0.15) is 5.56 Å². The van der Waals surface area contributed by atoms with E-state index in [4.69, 9.17) is 4.74 Å². The molecule has 0 saturated carbocycles. The number of para-hydroxylation sites is 1. The van der Waals surface area contributed by atoms with Crippen LogP contribution in [0.15, 0.2) is 54.9 Å². The minimum Gasteiger partial charge on any atom is -0.497 e. The number of methoxy groups -OCH3 is 1. The van der Waals surface area contributed by atoms with Gasteiger partial charge in [-0.3, -0.25) is 0 Å².